The van der Waals surface area contributed by atoms with E-state index in [2.05, 4.69) is 22.1 Å². The number of nitrogens with one attached hydrogen (secondary N) is 1. The van der Waals surface area contributed by atoms with Crippen molar-refractivity contribution in [1.82, 2.24) is 10.2 Å². The number of hydrogen-bond donors (Lipinski definition) is 1. The Morgan fingerprint density at radius 3 is 3.00 bits per heavy atom. The average molecular weight is 311 g/mol. The van der Waals surface area contributed by atoms with Crippen LogP contribution in [0, 0.1) is 6.92 Å². The van der Waals surface area contributed by atoms with Gasteiger partial charge < -0.3 is 5.32 Å². The summed E-state index contributed by atoms with van der Waals surface area (Å²) in [7, 11) is 0. The fourth-order valence-electron chi connectivity index (χ4n) is 1.28. The zero-order valence-corrected chi connectivity index (χ0v) is 12.8. The van der Waals surface area contributed by atoms with Crippen molar-refractivity contribution in [2.24, 2.45) is 0 Å². The van der Waals surface area contributed by atoms with Crippen molar-refractivity contribution in [2.45, 2.75) is 11.3 Å². The molecule has 2 aromatic rings. The average Bonchev–Trinajstić information content (AvgIpc) is 3.02. The van der Waals surface area contributed by atoms with E-state index < -0.39 is 0 Å². The number of hydrogen-bond acceptors (Lipinski definition) is 7. The van der Waals surface area contributed by atoms with E-state index in [9.17, 15) is 4.79 Å². The Labute approximate surface area is 124 Å². The number of thioether (sulfide) groups is 1. The number of anilines is 1. The maximum atomic E-state index is 11.9. The van der Waals surface area contributed by atoms with Gasteiger partial charge in [-0.15, -0.1) is 28.1 Å². The lowest BCUT2D eigenvalue weighted by molar-refractivity contribution is 0.102. The summed E-state index contributed by atoms with van der Waals surface area (Å²) in [6.45, 7) is 6.28. The summed E-state index contributed by atoms with van der Waals surface area (Å²) in [6.07, 6.45) is 1.76. The van der Waals surface area contributed by atoms with Gasteiger partial charge in [0.15, 0.2) is 10.1 Å². The molecule has 100 valence electrons. The molecule has 0 spiro atoms. The second-order valence-corrected chi connectivity index (χ2v) is 7.15. The number of Topliss-reactive ketones (excluding diaryl/α,β-unsaturated/α-hetero) is 1. The van der Waals surface area contributed by atoms with Crippen molar-refractivity contribution in [1.29, 1.82) is 0 Å². The first-order valence-electron chi connectivity index (χ1n) is 5.59. The standard InChI is InChI=1S/C12H13N3OS3/c1-3-6-13-11-14-15-12(19-11)17-7-9(16)10-5-4-8(2)18-10/h3-5H,1,6-7H2,2H3,(H,13,14). The zero-order valence-electron chi connectivity index (χ0n) is 10.4. The van der Waals surface area contributed by atoms with E-state index in [0.29, 0.717) is 12.3 Å². The first-order chi connectivity index (χ1) is 9.19. The third-order valence-electron chi connectivity index (χ3n) is 2.15. The molecule has 19 heavy (non-hydrogen) atoms. The molecule has 0 amide bonds. The molecule has 0 aliphatic heterocycles. The number of carbonyl (C=O) groups is 1. The Morgan fingerprint density at radius 1 is 1.47 bits per heavy atom. The van der Waals surface area contributed by atoms with Gasteiger partial charge in [-0.05, 0) is 19.1 Å². The fourth-order valence-corrected chi connectivity index (χ4v) is 3.82. The van der Waals surface area contributed by atoms with Gasteiger partial charge in [-0.3, -0.25) is 4.79 Å². The normalized spacial score (nSPS) is 10.4. The maximum absolute atomic E-state index is 11.9. The number of ketones is 1. The van der Waals surface area contributed by atoms with E-state index in [4.69, 9.17) is 0 Å². The number of aromatic nitrogens is 2. The SMILES string of the molecule is C=CCNc1nnc(SCC(=O)c2ccc(C)s2)s1. The quantitative estimate of drug-likeness (QED) is 0.482. The van der Waals surface area contributed by atoms with Gasteiger partial charge in [0.1, 0.15) is 0 Å². The summed E-state index contributed by atoms with van der Waals surface area (Å²) < 4.78 is 0.799. The summed E-state index contributed by atoms with van der Waals surface area (Å²) in [6, 6.07) is 3.84. The highest BCUT2D eigenvalue weighted by Gasteiger charge is 2.11. The Morgan fingerprint density at radius 2 is 2.32 bits per heavy atom. The molecule has 0 radical (unpaired) electrons. The monoisotopic (exact) mass is 311 g/mol. The van der Waals surface area contributed by atoms with E-state index in [1.807, 2.05) is 19.1 Å². The Hall–Kier alpha value is -1.18. The molecule has 1 N–H and O–H groups in total. The van der Waals surface area contributed by atoms with Crippen LogP contribution in [0.2, 0.25) is 0 Å². The molecule has 2 aromatic heterocycles. The first-order valence-corrected chi connectivity index (χ1v) is 8.21. The van der Waals surface area contributed by atoms with Gasteiger partial charge in [0.05, 0.1) is 10.6 Å². The van der Waals surface area contributed by atoms with Gasteiger partial charge in [0.25, 0.3) is 0 Å². The first kappa shape index (κ1) is 14.2. The minimum absolute atomic E-state index is 0.138. The Balaban J connectivity index is 1.86. The van der Waals surface area contributed by atoms with Crippen molar-refractivity contribution in [3.05, 3.63) is 34.5 Å². The van der Waals surface area contributed by atoms with Gasteiger partial charge in [-0.25, -0.2) is 0 Å². The molecular formula is C12H13N3OS3. The lowest BCUT2D eigenvalue weighted by atomic mass is 10.3. The lowest BCUT2D eigenvalue weighted by Gasteiger charge is -1.95. The number of nitrogens with zero attached hydrogens (tertiary/aromatic N) is 2. The summed E-state index contributed by atoms with van der Waals surface area (Å²) in [5.74, 6) is 0.537. The highest BCUT2D eigenvalue weighted by molar-refractivity contribution is 8.01. The molecule has 0 atom stereocenters. The van der Waals surface area contributed by atoms with Crippen LogP contribution >= 0.6 is 34.4 Å². The molecule has 2 heterocycles. The maximum Gasteiger partial charge on any atom is 0.206 e. The lowest BCUT2D eigenvalue weighted by Crippen LogP contribution is -1.98. The van der Waals surface area contributed by atoms with Gasteiger partial charge in [-0.2, -0.15) is 0 Å². The van der Waals surface area contributed by atoms with E-state index in [-0.39, 0.29) is 5.78 Å². The number of carbonyl (C=O) groups excluding carboxylic acids is 1. The van der Waals surface area contributed by atoms with Crippen molar-refractivity contribution < 1.29 is 4.79 Å². The molecule has 0 fully saturated rings. The predicted octanol–water partition coefficient (Wildman–Crippen LogP) is 3.48. The molecular weight excluding hydrogens is 298 g/mol. The second kappa shape index (κ2) is 6.83. The summed E-state index contributed by atoms with van der Waals surface area (Å²) in [5.41, 5.74) is 0. The highest BCUT2D eigenvalue weighted by atomic mass is 32.2. The van der Waals surface area contributed by atoms with Crippen LogP contribution in [0.4, 0.5) is 5.13 Å². The van der Waals surface area contributed by atoms with Crippen LogP contribution in [-0.2, 0) is 0 Å². The highest BCUT2D eigenvalue weighted by Crippen LogP contribution is 2.27. The third-order valence-corrected chi connectivity index (χ3v) is 5.20. The predicted molar refractivity (Wildman–Crippen MR) is 82.7 cm³/mol. The molecule has 2 rings (SSSR count). The smallest absolute Gasteiger partial charge is 0.206 e. The molecule has 0 aliphatic rings. The number of thiophene rings is 1. The van der Waals surface area contributed by atoms with Crippen LogP contribution in [0.3, 0.4) is 0 Å². The fraction of sp³-hybridized carbons (Fsp3) is 0.250. The minimum atomic E-state index is 0.138. The number of aryl methyl sites for hydroxylation is 1. The largest absolute Gasteiger partial charge is 0.357 e. The van der Waals surface area contributed by atoms with Crippen molar-refractivity contribution in [3.63, 3.8) is 0 Å². The van der Waals surface area contributed by atoms with Gasteiger partial charge in [-0.1, -0.05) is 29.2 Å². The van der Waals surface area contributed by atoms with Crippen LogP contribution in [-0.4, -0.2) is 28.3 Å². The van der Waals surface area contributed by atoms with Crippen LogP contribution in [0.5, 0.6) is 0 Å². The van der Waals surface area contributed by atoms with Crippen LogP contribution in [0.15, 0.2) is 29.1 Å². The van der Waals surface area contributed by atoms with Crippen LogP contribution in [0.1, 0.15) is 14.5 Å². The molecule has 0 bridgehead atoms. The molecule has 7 heteroatoms. The number of rotatable bonds is 7. The Bertz CT molecular complexity index is 576. The molecule has 0 saturated carbocycles. The van der Waals surface area contributed by atoms with Crippen molar-refractivity contribution in [2.75, 3.05) is 17.6 Å². The second-order valence-electron chi connectivity index (χ2n) is 3.66. The zero-order chi connectivity index (χ0) is 13.7. The molecule has 0 unspecified atom stereocenters. The van der Waals surface area contributed by atoms with Gasteiger partial charge in [0, 0.05) is 11.4 Å². The topological polar surface area (TPSA) is 54.9 Å². The van der Waals surface area contributed by atoms with E-state index in [1.54, 1.807) is 6.08 Å². The molecule has 0 aliphatic carbocycles. The Kier molecular flexibility index (Phi) is 5.12. The van der Waals surface area contributed by atoms with Gasteiger partial charge >= 0.3 is 0 Å². The minimum Gasteiger partial charge on any atom is -0.357 e. The van der Waals surface area contributed by atoms with E-state index in [0.717, 1.165) is 19.2 Å². The van der Waals surface area contributed by atoms with E-state index in [1.165, 1.54) is 34.4 Å². The molecule has 0 aromatic carbocycles. The molecule has 0 saturated heterocycles. The molecule has 4 nitrogen and oxygen atoms in total. The van der Waals surface area contributed by atoms with Gasteiger partial charge in [0.2, 0.25) is 5.13 Å². The van der Waals surface area contributed by atoms with E-state index >= 15 is 0 Å². The summed E-state index contributed by atoms with van der Waals surface area (Å²) >= 11 is 4.40. The van der Waals surface area contributed by atoms with Crippen molar-refractivity contribution >= 4 is 45.4 Å². The summed E-state index contributed by atoms with van der Waals surface area (Å²) in [5, 5.41) is 11.8. The van der Waals surface area contributed by atoms with Crippen LogP contribution in [0.25, 0.3) is 0 Å². The van der Waals surface area contributed by atoms with Crippen LogP contribution < -0.4 is 5.32 Å². The summed E-state index contributed by atoms with van der Waals surface area (Å²) in [4.78, 5) is 13.9. The third kappa shape index (κ3) is 4.15. The van der Waals surface area contributed by atoms with Crippen molar-refractivity contribution in [3.8, 4) is 0 Å².